The first-order valence-corrected chi connectivity index (χ1v) is 4.70. The van der Waals surface area contributed by atoms with E-state index in [1.165, 1.54) is 7.11 Å². The number of alkyl halides is 3. The Hall–Kier alpha value is -1.57. The molecule has 2 N–H and O–H groups in total. The molecule has 96 valence electrons. The van der Waals surface area contributed by atoms with Crippen molar-refractivity contribution < 1.29 is 22.6 Å². The van der Waals surface area contributed by atoms with Crippen molar-refractivity contribution in [3.05, 3.63) is 11.8 Å². The maximum absolute atomic E-state index is 12.6. The molecule has 8 heteroatoms. The molecule has 0 saturated carbocycles. The number of hydrogen-bond acceptors (Lipinski definition) is 5. The number of halogens is 3. The van der Waals surface area contributed by atoms with Crippen molar-refractivity contribution in [3.8, 4) is 5.88 Å². The third-order valence-electron chi connectivity index (χ3n) is 1.79. The number of nitrogens with zero attached hydrogens (tertiary/aromatic N) is 2. The van der Waals surface area contributed by atoms with Crippen LogP contribution in [0.15, 0.2) is 6.20 Å². The topological polar surface area (TPSA) is 70.3 Å². The van der Waals surface area contributed by atoms with Gasteiger partial charge in [0.25, 0.3) is 0 Å². The van der Waals surface area contributed by atoms with E-state index in [4.69, 9.17) is 15.2 Å². The summed E-state index contributed by atoms with van der Waals surface area (Å²) in [6.07, 6.45) is -4.57. The van der Waals surface area contributed by atoms with Gasteiger partial charge in [0.1, 0.15) is 11.7 Å². The molecule has 0 saturated heterocycles. The Morgan fingerprint density at radius 2 is 2.12 bits per heavy atom. The number of nitrogens with two attached hydrogens (primary N) is 1. The number of aromatic nitrogens is 2. The van der Waals surface area contributed by atoms with Gasteiger partial charge in [-0.1, -0.05) is 0 Å². The van der Waals surface area contributed by atoms with Gasteiger partial charge in [-0.15, -0.1) is 0 Å². The van der Waals surface area contributed by atoms with Crippen molar-refractivity contribution in [2.45, 2.75) is 19.2 Å². The fourth-order valence-electron chi connectivity index (χ4n) is 1.12. The van der Waals surface area contributed by atoms with Gasteiger partial charge in [-0.25, -0.2) is 4.98 Å². The predicted octanol–water partition coefficient (Wildman–Crippen LogP) is 1.49. The van der Waals surface area contributed by atoms with Crippen molar-refractivity contribution >= 4 is 5.95 Å². The smallest absolute Gasteiger partial charge is 0.423 e. The summed E-state index contributed by atoms with van der Waals surface area (Å²) in [5.74, 6) is -0.868. The lowest BCUT2D eigenvalue weighted by Gasteiger charge is -2.16. The summed E-state index contributed by atoms with van der Waals surface area (Å²) in [4.78, 5) is 6.73. The fraction of sp³-hybridized carbons (Fsp3) is 0.556. The third kappa shape index (κ3) is 3.74. The van der Waals surface area contributed by atoms with E-state index in [1.807, 2.05) is 0 Å². The van der Waals surface area contributed by atoms with E-state index in [0.717, 1.165) is 0 Å². The van der Waals surface area contributed by atoms with Crippen LogP contribution in [0.3, 0.4) is 0 Å². The number of hydrogen-bond donors (Lipinski definition) is 1. The summed E-state index contributed by atoms with van der Waals surface area (Å²) in [7, 11) is 1.42. The molecular formula is C9H12F3N3O2. The molecule has 0 aromatic carbocycles. The summed E-state index contributed by atoms with van der Waals surface area (Å²) in [6, 6.07) is 0. The summed E-state index contributed by atoms with van der Waals surface area (Å²) in [6.45, 7) is 1.70. The average molecular weight is 251 g/mol. The van der Waals surface area contributed by atoms with Crippen LogP contribution >= 0.6 is 0 Å². The van der Waals surface area contributed by atoms with Crippen LogP contribution < -0.4 is 10.5 Å². The second kappa shape index (κ2) is 5.17. The first-order valence-electron chi connectivity index (χ1n) is 4.70. The molecule has 0 amide bonds. The highest BCUT2D eigenvalue weighted by atomic mass is 19.4. The maximum Gasteiger partial charge on any atom is 0.423 e. The third-order valence-corrected chi connectivity index (χ3v) is 1.79. The van der Waals surface area contributed by atoms with Crippen LogP contribution in [-0.2, 0) is 10.9 Å². The Labute approximate surface area is 95.8 Å². The highest BCUT2D eigenvalue weighted by molar-refractivity contribution is 5.32. The van der Waals surface area contributed by atoms with Gasteiger partial charge in [0, 0.05) is 13.3 Å². The Kier molecular flexibility index (Phi) is 4.11. The molecular weight excluding hydrogens is 239 g/mol. The van der Waals surface area contributed by atoms with Crippen LogP contribution in [0.1, 0.15) is 12.5 Å². The lowest BCUT2D eigenvalue weighted by molar-refractivity contribution is -0.140. The number of methoxy groups -OCH3 is 1. The van der Waals surface area contributed by atoms with Crippen molar-refractivity contribution in [2.75, 3.05) is 19.5 Å². The molecule has 0 aliphatic heterocycles. The number of nitrogen functional groups attached to an aromatic ring is 1. The zero-order chi connectivity index (χ0) is 13.1. The maximum atomic E-state index is 12.6. The Balaban J connectivity index is 2.99. The fourth-order valence-corrected chi connectivity index (χ4v) is 1.12. The van der Waals surface area contributed by atoms with Crippen LogP contribution in [0.25, 0.3) is 0 Å². The van der Waals surface area contributed by atoms with Crippen molar-refractivity contribution in [2.24, 2.45) is 0 Å². The Morgan fingerprint density at radius 3 is 2.65 bits per heavy atom. The number of ether oxygens (including phenoxy) is 2. The molecule has 1 aromatic rings. The lowest BCUT2D eigenvalue weighted by atomic mass is 10.3. The first-order chi connectivity index (χ1) is 7.84. The van der Waals surface area contributed by atoms with E-state index in [2.05, 4.69) is 9.97 Å². The number of rotatable bonds is 4. The van der Waals surface area contributed by atoms with Gasteiger partial charge in [-0.2, -0.15) is 18.2 Å². The molecule has 0 unspecified atom stereocenters. The van der Waals surface area contributed by atoms with Crippen molar-refractivity contribution in [1.29, 1.82) is 0 Å². The van der Waals surface area contributed by atoms with Crippen molar-refractivity contribution in [3.63, 3.8) is 0 Å². The summed E-state index contributed by atoms with van der Waals surface area (Å²) >= 11 is 0. The van der Waals surface area contributed by atoms with E-state index < -0.39 is 23.7 Å². The van der Waals surface area contributed by atoms with E-state index in [1.54, 1.807) is 6.92 Å². The van der Waals surface area contributed by atoms with Gasteiger partial charge >= 0.3 is 6.18 Å². The van der Waals surface area contributed by atoms with E-state index in [-0.39, 0.29) is 12.6 Å². The molecule has 0 radical (unpaired) electrons. The molecule has 1 heterocycles. The molecule has 0 spiro atoms. The van der Waals surface area contributed by atoms with E-state index >= 15 is 0 Å². The minimum absolute atomic E-state index is 0.140. The van der Waals surface area contributed by atoms with E-state index in [0.29, 0.717) is 6.20 Å². The monoisotopic (exact) mass is 251 g/mol. The van der Waals surface area contributed by atoms with Crippen LogP contribution in [0, 0.1) is 0 Å². The normalized spacial score (nSPS) is 13.5. The van der Waals surface area contributed by atoms with Gasteiger partial charge in [-0.05, 0) is 6.92 Å². The predicted molar refractivity (Wildman–Crippen MR) is 53.4 cm³/mol. The minimum atomic E-state index is -4.59. The Morgan fingerprint density at radius 1 is 1.47 bits per heavy atom. The standard InChI is InChI=1S/C9H12F3N3O2/c1-5(4-16-2)17-7-6(9(10,11)12)3-14-8(13)15-7/h3,5H,4H2,1-2H3,(H2,13,14,15)/t5-/m1/s1. The second-order valence-corrected chi connectivity index (χ2v) is 3.33. The zero-order valence-electron chi connectivity index (χ0n) is 9.28. The molecule has 5 nitrogen and oxygen atoms in total. The molecule has 0 aliphatic rings. The Bertz CT molecular complexity index is 384. The quantitative estimate of drug-likeness (QED) is 0.877. The van der Waals surface area contributed by atoms with Crippen LogP contribution in [0.2, 0.25) is 0 Å². The van der Waals surface area contributed by atoms with Crippen LogP contribution in [0.5, 0.6) is 5.88 Å². The zero-order valence-corrected chi connectivity index (χ0v) is 9.28. The first kappa shape index (κ1) is 13.5. The average Bonchev–Trinajstić information content (AvgIpc) is 2.15. The molecule has 1 atom stereocenters. The van der Waals surface area contributed by atoms with Gasteiger partial charge < -0.3 is 15.2 Å². The highest BCUT2D eigenvalue weighted by Crippen LogP contribution is 2.35. The molecule has 17 heavy (non-hydrogen) atoms. The summed E-state index contributed by atoms with van der Waals surface area (Å²) < 4.78 is 47.5. The van der Waals surface area contributed by atoms with E-state index in [9.17, 15) is 13.2 Å². The van der Waals surface area contributed by atoms with Crippen molar-refractivity contribution in [1.82, 2.24) is 9.97 Å². The summed E-state index contributed by atoms with van der Waals surface area (Å²) in [5, 5.41) is 0. The highest BCUT2D eigenvalue weighted by Gasteiger charge is 2.36. The van der Waals surface area contributed by atoms with Crippen LogP contribution in [0.4, 0.5) is 19.1 Å². The molecule has 1 aromatic heterocycles. The van der Waals surface area contributed by atoms with Gasteiger partial charge in [0.05, 0.1) is 6.61 Å². The molecule has 0 fully saturated rings. The SMILES string of the molecule is COC[C@@H](C)Oc1nc(N)ncc1C(F)(F)F. The lowest BCUT2D eigenvalue weighted by Crippen LogP contribution is -2.21. The second-order valence-electron chi connectivity index (χ2n) is 3.33. The van der Waals surface area contributed by atoms with Gasteiger partial charge in [0.15, 0.2) is 0 Å². The molecule has 0 bridgehead atoms. The molecule has 0 aliphatic carbocycles. The van der Waals surface area contributed by atoms with Gasteiger partial charge in [-0.3, -0.25) is 0 Å². The minimum Gasteiger partial charge on any atom is -0.472 e. The van der Waals surface area contributed by atoms with Crippen LogP contribution in [-0.4, -0.2) is 29.8 Å². The molecule has 1 rings (SSSR count). The van der Waals surface area contributed by atoms with Gasteiger partial charge in [0.2, 0.25) is 11.8 Å². The summed E-state index contributed by atoms with van der Waals surface area (Å²) in [5.41, 5.74) is 4.16. The largest absolute Gasteiger partial charge is 0.472 e. The number of anilines is 1.